The van der Waals surface area contributed by atoms with Crippen LogP contribution in [0.3, 0.4) is 0 Å². The third kappa shape index (κ3) is 2.51. The number of piperazine rings is 1. The van der Waals surface area contributed by atoms with Gasteiger partial charge in [0.15, 0.2) is 5.65 Å². The van der Waals surface area contributed by atoms with Crippen molar-refractivity contribution in [1.29, 1.82) is 0 Å². The Morgan fingerprint density at radius 3 is 2.76 bits per heavy atom. The first-order valence-corrected chi connectivity index (χ1v) is 8.52. The molecule has 0 spiro atoms. The Morgan fingerprint density at radius 2 is 1.84 bits per heavy atom. The molecule has 1 aromatic carbocycles. The Labute approximate surface area is 144 Å². The van der Waals surface area contributed by atoms with Crippen molar-refractivity contribution in [3.8, 4) is 11.1 Å². The molecule has 4 heterocycles. The van der Waals surface area contributed by atoms with Gasteiger partial charge in [-0.05, 0) is 29.8 Å². The van der Waals surface area contributed by atoms with Crippen LogP contribution in [0.5, 0.6) is 0 Å². The molecule has 1 aliphatic rings. The summed E-state index contributed by atoms with van der Waals surface area (Å²) in [6.45, 7) is 4.08. The van der Waals surface area contributed by atoms with Crippen LogP contribution >= 0.6 is 0 Å². The molecule has 0 saturated carbocycles. The summed E-state index contributed by atoms with van der Waals surface area (Å²) in [7, 11) is 0. The van der Waals surface area contributed by atoms with E-state index < -0.39 is 0 Å². The monoisotopic (exact) mass is 330 g/mol. The van der Waals surface area contributed by atoms with Gasteiger partial charge < -0.3 is 10.2 Å². The molecule has 2 N–H and O–H groups in total. The number of aromatic nitrogens is 4. The number of hydrogen-bond donors (Lipinski definition) is 2. The second kappa shape index (κ2) is 5.82. The van der Waals surface area contributed by atoms with Crippen molar-refractivity contribution in [2.75, 3.05) is 31.1 Å². The number of H-pyrrole nitrogens is 1. The van der Waals surface area contributed by atoms with Crippen LogP contribution in [-0.4, -0.2) is 46.3 Å². The third-order valence-electron chi connectivity index (χ3n) is 4.80. The van der Waals surface area contributed by atoms with Crippen molar-refractivity contribution in [3.05, 3.63) is 48.9 Å². The Morgan fingerprint density at radius 1 is 0.920 bits per heavy atom. The average Bonchev–Trinajstić information content (AvgIpc) is 3.15. The molecule has 124 valence electrons. The SMILES string of the molecule is c1cc(N2CCNCC2)c2cc(-c3cnc4[nH]ncc4c3)ccc2n1. The highest BCUT2D eigenvalue weighted by atomic mass is 15.2. The fraction of sp³-hybridized carbons (Fsp3) is 0.211. The lowest BCUT2D eigenvalue weighted by Gasteiger charge is -2.30. The minimum Gasteiger partial charge on any atom is -0.368 e. The summed E-state index contributed by atoms with van der Waals surface area (Å²) in [6, 6.07) is 10.7. The van der Waals surface area contributed by atoms with Crippen LogP contribution < -0.4 is 10.2 Å². The number of anilines is 1. The van der Waals surface area contributed by atoms with Crippen molar-refractivity contribution in [1.82, 2.24) is 25.5 Å². The fourth-order valence-electron chi connectivity index (χ4n) is 3.49. The second-order valence-corrected chi connectivity index (χ2v) is 6.33. The van der Waals surface area contributed by atoms with E-state index >= 15 is 0 Å². The smallest absolute Gasteiger partial charge is 0.155 e. The maximum Gasteiger partial charge on any atom is 0.155 e. The lowest BCUT2D eigenvalue weighted by Crippen LogP contribution is -2.43. The van der Waals surface area contributed by atoms with Crippen molar-refractivity contribution in [3.63, 3.8) is 0 Å². The van der Waals surface area contributed by atoms with Gasteiger partial charge >= 0.3 is 0 Å². The zero-order valence-electron chi connectivity index (χ0n) is 13.7. The average molecular weight is 330 g/mol. The number of pyridine rings is 2. The van der Waals surface area contributed by atoms with Crippen LogP contribution in [0.4, 0.5) is 5.69 Å². The van der Waals surface area contributed by atoms with Crippen molar-refractivity contribution in [2.45, 2.75) is 0 Å². The van der Waals surface area contributed by atoms with Crippen molar-refractivity contribution >= 4 is 27.6 Å². The van der Waals surface area contributed by atoms with Gasteiger partial charge in [-0.25, -0.2) is 4.98 Å². The number of benzene rings is 1. The molecule has 1 aliphatic heterocycles. The van der Waals surface area contributed by atoms with E-state index in [0.29, 0.717) is 0 Å². The maximum absolute atomic E-state index is 4.54. The maximum atomic E-state index is 4.54. The normalized spacial score (nSPS) is 15.1. The molecule has 3 aromatic heterocycles. The highest BCUT2D eigenvalue weighted by Gasteiger charge is 2.14. The standard InChI is InChI=1S/C19H18N6/c1-2-17-16(18(3-4-21-17)25-7-5-20-6-8-25)10-13(1)14-9-15-12-23-24-19(15)22-11-14/h1-4,9-12,20H,5-8H2,(H,22,23,24). The first kappa shape index (κ1) is 14.4. The number of hydrogen-bond acceptors (Lipinski definition) is 5. The van der Waals surface area contributed by atoms with Gasteiger partial charge in [-0.1, -0.05) is 6.07 Å². The summed E-state index contributed by atoms with van der Waals surface area (Å²) < 4.78 is 0. The predicted molar refractivity (Wildman–Crippen MR) is 99.7 cm³/mol. The number of aromatic amines is 1. The second-order valence-electron chi connectivity index (χ2n) is 6.33. The molecule has 6 nitrogen and oxygen atoms in total. The number of nitrogens with zero attached hydrogens (tertiary/aromatic N) is 4. The van der Waals surface area contributed by atoms with Gasteiger partial charge in [0, 0.05) is 60.6 Å². The third-order valence-corrected chi connectivity index (χ3v) is 4.80. The van der Waals surface area contributed by atoms with E-state index in [2.05, 4.69) is 60.7 Å². The fourth-order valence-corrected chi connectivity index (χ4v) is 3.49. The Bertz CT molecular complexity index is 1050. The predicted octanol–water partition coefficient (Wildman–Crippen LogP) is 2.58. The highest BCUT2D eigenvalue weighted by Crippen LogP contribution is 2.30. The van der Waals surface area contributed by atoms with E-state index in [9.17, 15) is 0 Å². The van der Waals surface area contributed by atoms with Crippen LogP contribution in [0.25, 0.3) is 33.1 Å². The molecule has 0 atom stereocenters. The molecular weight excluding hydrogens is 312 g/mol. The zero-order chi connectivity index (χ0) is 16.6. The van der Waals surface area contributed by atoms with Crippen LogP contribution in [-0.2, 0) is 0 Å². The van der Waals surface area contributed by atoms with E-state index in [-0.39, 0.29) is 0 Å². The summed E-state index contributed by atoms with van der Waals surface area (Å²) in [5.74, 6) is 0. The van der Waals surface area contributed by atoms with Crippen molar-refractivity contribution in [2.24, 2.45) is 0 Å². The first-order valence-electron chi connectivity index (χ1n) is 8.52. The van der Waals surface area contributed by atoms with Crippen LogP contribution in [0.15, 0.2) is 48.9 Å². The molecule has 4 aromatic rings. The summed E-state index contributed by atoms with van der Waals surface area (Å²) >= 11 is 0. The zero-order valence-corrected chi connectivity index (χ0v) is 13.7. The number of fused-ring (bicyclic) bond motifs is 2. The van der Waals surface area contributed by atoms with E-state index in [1.165, 1.54) is 11.1 Å². The molecular formula is C19H18N6. The van der Waals surface area contributed by atoms with Crippen molar-refractivity contribution < 1.29 is 0 Å². The topological polar surface area (TPSA) is 69.7 Å². The number of rotatable bonds is 2. The van der Waals surface area contributed by atoms with Gasteiger partial charge in [0.25, 0.3) is 0 Å². The summed E-state index contributed by atoms with van der Waals surface area (Å²) in [5, 5.41) is 12.6. The first-order chi connectivity index (χ1) is 12.4. The van der Waals surface area contributed by atoms with Crippen LogP contribution in [0.2, 0.25) is 0 Å². The minimum atomic E-state index is 0.813. The molecule has 0 aliphatic carbocycles. The highest BCUT2D eigenvalue weighted by molar-refractivity contribution is 5.95. The summed E-state index contributed by atoms with van der Waals surface area (Å²) in [6.07, 6.45) is 5.60. The van der Waals surface area contributed by atoms with E-state index in [4.69, 9.17) is 0 Å². The van der Waals surface area contributed by atoms with E-state index in [1.807, 2.05) is 12.4 Å². The lowest BCUT2D eigenvalue weighted by molar-refractivity contribution is 0.590. The molecule has 0 bridgehead atoms. The molecule has 0 amide bonds. The molecule has 0 unspecified atom stereocenters. The minimum absolute atomic E-state index is 0.813. The van der Waals surface area contributed by atoms with Gasteiger partial charge in [-0.2, -0.15) is 5.10 Å². The van der Waals surface area contributed by atoms with Crippen LogP contribution in [0.1, 0.15) is 0 Å². The molecule has 25 heavy (non-hydrogen) atoms. The van der Waals surface area contributed by atoms with Gasteiger partial charge in [-0.3, -0.25) is 10.1 Å². The number of nitrogens with one attached hydrogen (secondary N) is 2. The molecule has 1 fully saturated rings. The van der Waals surface area contributed by atoms with Gasteiger partial charge in [-0.15, -0.1) is 0 Å². The van der Waals surface area contributed by atoms with E-state index in [1.54, 1.807) is 6.20 Å². The van der Waals surface area contributed by atoms with Crippen LogP contribution in [0, 0.1) is 0 Å². The van der Waals surface area contributed by atoms with Gasteiger partial charge in [0.05, 0.1) is 11.7 Å². The van der Waals surface area contributed by atoms with Gasteiger partial charge in [0.1, 0.15) is 0 Å². The van der Waals surface area contributed by atoms with E-state index in [0.717, 1.165) is 53.9 Å². The quantitative estimate of drug-likeness (QED) is 0.591. The molecule has 1 saturated heterocycles. The Kier molecular flexibility index (Phi) is 3.34. The molecule has 0 radical (unpaired) electrons. The summed E-state index contributed by atoms with van der Waals surface area (Å²) in [5.41, 5.74) is 5.33. The largest absolute Gasteiger partial charge is 0.368 e. The lowest BCUT2D eigenvalue weighted by atomic mass is 10.0. The molecule has 5 rings (SSSR count). The Hall–Kier alpha value is -2.99. The Balaban J connectivity index is 1.64. The summed E-state index contributed by atoms with van der Waals surface area (Å²) in [4.78, 5) is 11.4. The van der Waals surface area contributed by atoms with Gasteiger partial charge in [0.2, 0.25) is 0 Å². The molecule has 6 heteroatoms.